The van der Waals surface area contributed by atoms with Gasteiger partial charge in [0.15, 0.2) is 5.11 Å². The van der Waals surface area contributed by atoms with Gasteiger partial charge >= 0.3 is 5.97 Å². The molecule has 1 aliphatic heterocycles. The van der Waals surface area contributed by atoms with Crippen molar-refractivity contribution >= 4 is 41.2 Å². The number of nitrogens with one attached hydrogen (secondary N) is 2. The molecule has 2 aromatic carbocycles. The molecule has 0 spiro atoms. The van der Waals surface area contributed by atoms with Gasteiger partial charge in [-0.25, -0.2) is 4.79 Å². The van der Waals surface area contributed by atoms with E-state index in [0.717, 1.165) is 0 Å². The van der Waals surface area contributed by atoms with E-state index in [4.69, 9.17) is 17.0 Å². The summed E-state index contributed by atoms with van der Waals surface area (Å²) in [6.45, 7) is 0. The van der Waals surface area contributed by atoms with Crippen LogP contribution in [0, 0.1) is 0 Å². The molecule has 0 bridgehead atoms. The normalized spacial score (nSPS) is 13.8. The van der Waals surface area contributed by atoms with Gasteiger partial charge in [-0.05, 0) is 48.1 Å². The molecule has 1 heterocycles. The Labute approximate surface area is 148 Å². The van der Waals surface area contributed by atoms with Gasteiger partial charge in [0.1, 0.15) is 11.3 Å². The third-order valence-electron chi connectivity index (χ3n) is 3.35. The lowest BCUT2D eigenvalue weighted by Crippen LogP contribution is -2.51. The largest absolute Gasteiger partial charge is 0.423 e. The first-order valence-electron chi connectivity index (χ1n) is 7.28. The number of carbonyl (C=O) groups excluding carboxylic acids is 3. The van der Waals surface area contributed by atoms with Gasteiger partial charge in [0.25, 0.3) is 11.8 Å². The third-order valence-corrected chi connectivity index (χ3v) is 3.56. The molecule has 2 N–H and O–H groups in total. The molecule has 124 valence electrons. The fourth-order valence-electron chi connectivity index (χ4n) is 2.15. The van der Waals surface area contributed by atoms with Crippen LogP contribution in [0.4, 0.5) is 0 Å². The highest BCUT2D eigenvalue weighted by atomic mass is 32.1. The highest BCUT2D eigenvalue weighted by Crippen LogP contribution is 2.17. The van der Waals surface area contributed by atoms with Gasteiger partial charge in [0, 0.05) is 0 Å². The molecular formula is C18H12N2O4S. The average Bonchev–Trinajstić information content (AvgIpc) is 2.60. The molecule has 1 fully saturated rings. The second-order valence-corrected chi connectivity index (χ2v) is 5.53. The molecule has 0 aliphatic carbocycles. The fraction of sp³-hybridized carbons (Fsp3) is 0. The van der Waals surface area contributed by atoms with Crippen LogP contribution < -0.4 is 15.4 Å². The van der Waals surface area contributed by atoms with Gasteiger partial charge < -0.3 is 4.74 Å². The van der Waals surface area contributed by atoms with Crippen molar-refractivity contribution in [1.29, 1.82) is 0 Å². The molecule has 7 heteroatoms. The summed E-state index contributed by atoms with van der Waals surface area (Å²) in [5.41, 5.74) is 0.996. The Morgan fingerprint density at radius 1 is 0.920 bits per heavy atom. The zero-order valence-electron chi connectivity index (χ0n) is 12.8. The lowest BCUT2D eigenvalue weighted by atomic mass is 10.1. The maximum absolute atomic E-state index is 12.0. The van der Waals surface area contributed by atoms with Crippen molar-refractivity contribution in [2.24, 2.45) is 0 Å². The number of amides is 2. The maximum atomic E-state index is 12.0. The van der Waals surface area contributed by atoms with E-state index in [-0.39, 0.29) is 10.7 Å². The Balaban J connectivity index is 1.73. The minimum atomic E-state index is -0.562. The Morgan fingerprint density at radius 2 is 1.52 bits per heavy atom. The number of ether oxygens (including phenoxy) is 1. The lowest BCUT2D eigenvalue weighted by Gasteiger charge is -2.16. The van der Waals surface area contributed by atoms with Crippen LogP contribution in [-0.2, 0) is 9.59 Å². The lowest BCUT2D eigenvalue weighted by molar-refractivity contribution is -0.123. The van der Waals surface area contributed by atoms with E-state index in [2.05, 4.69) is 10.6 Å². The summed E-state index contributed by atoms with van der Waals surface area (Å²) in [7, 11) is 0. The Bertz CT molecular complexity index is 867. The van der Waals surface area contributed by atoms with E-state index in [1.165, 1.54) is 6.08 Å². The standard InChI is InChI=1S/C18H12N2O4S/c21-15-14(16(22)20-18(25)19-15)10-11-6-8-13(9-7-11)24-17(23)12-4-2-1-3-5-12/h1-10H,(H2,19,20,21,22,25). The van der Waals surface area contributed by atoms with Crippen LogP contribution >= 0.6 is 12.2 Å². The SMILES string of the molecule is O=C1NC(=S)NC(=O)C1=Cc1ccc(OC(=O)c2ccccc2)cc1. The molecule has 25 heavy (non-hydrogen) atoms. The van der Waals surface area contributed by atoms with E-state index in [1.807, 2.05) is 6.07 Å². The fourth-order valence-corrected chi connectivity index (χ4v) is 2.33. The molecule has 6 nitrogen and oxygen atoms in total. The van der Waals surface area contributed by atoms with Gasteiger partial charge in [-0.1, -0.05) is 30.3 Å². The van der Waals surface area contributed by atoms with Crippen LogP contribution in [0.25, 0.3) is 6.08 Å². The minimum Gasteiger partial charge on any atom is -0.423 e. The molecule has 2 aromatic rings. The number of thiocarbonyl (C=S) groups is 1. The van der Waals surface area contributed by atoms with Crippen LogP contribution in [0.3, 0.4) is 0 Å². The molecule has 1 aliphatic rings. The molecule has 0 aromatic heterocycles. The molecular weight excluding hydrogens is 340 g/mol. The summed E-state index contributed by atoms with van der Waals surface area (Å²) in [6, 6.07) is 15.0. The van der Waals surface area contributed by atoms with Gasteiger partial charge in [0.05, 0.1) is 5.56 Å². The summed E-state index contributed by atoms with van der Waals surface area (Å²) in [4.78, 5) is 35.6. The van der Waals surface area contributed by atoms with E-state index in [1.54, 1.807) is 48.5 Å². The first kappa shape index (κ1) is 16.5. The van der Waals surface area contributed by atoms with Crippen molar-refractivity contribution in [3.63, 3.8) is 0 Å². The van der Waals surface area contributed by atoms with Crippen LogP contribution in [0.1, 0.15) is 15.9 Å². The predicted octanol–water partition coefficient (Wildman–Crippen LogP) is 1.82. The van der Waals surface area contributed by atoms with Crippen molar-refractivity contribution in [2.75, 3.05) is 0 Å². The molecule has 0 saturated carbocycles. The number of hydrogen-bond donors (Lipinski definition) is 2. The monoisotopic (exact) mass is 352 g/mol. The Hall–Kier alpha value is -3.32. The summed E-state index contributed by atoms with van der Waals surface area (Å²) >= 11 is 4.74. The minimum absolute atomic E-state index is 0.0182. The van der Waals surface area contributed by atoms with Crippen molar-refractivity contribution in [3.05, 3.63) is 71.3 Å². The van der Waals surface area contributed by atoms with Crippen molar-refractivity contribution < 1.29 is 19.1 Å². The van der Waals surface area contributed by atoms with Crippen molar-refractivity contribution in [3.8, 4) is 5.75 Å². The quantitative estimate of drug-likeness (QED) is 0.289. The predicted molar refractivity (Wildman–Crippen MR) is 94.7 cm³/mol. The molecule has 2 amide bonds. The molecule has 1 saturated heterocycles. The first-order valence-corrected chi connectivity index (χ1v) is 7.69. The van der Waals surface area contributed by atoms with E-state index >= 15 is 0 Å². The summed E-state index contributed by atoms with van der Waals surface area (Å²) in [5, 5.41) is 4.70. The third kappa shape index (κ3) is 3.96. The summed E-state index contributed by atoms with van der Waals surface area (Å²) in [6.07, 6.45) is 1.43. The zero-order valence-corrected chi connectivity index (χ0v) is 13.6. The van der Waals surface area contributed by atoms with Crippen LogP contribution in [0.5, 0.6) is 5.75 Å². The Kier molecular flexibility index (Phi) is 4.67. The first-order chi connectivity index (χ1) is 12.0. The molecule has 0 atom stereocenters. The highest BCUT2D eigenvalue weighted by molar-refractivity contribution is 7.80. The topological polar surface area (TPSA) is 84.5 Å². The van der Waals surface area contributed by atoms with E-state index in [0.29, 0.717) is 16.9 Å². The number of benzene rings is 2. The average molecular weight is 352 g/mol. The second kappa shape index (κ2) is 7.06. The summed E-state index contributed by atoms with van der Waals surface area (Å²) < 4.78 is 5.27. The molecule has 0 radical (unpaired) electrons. The van der Waals surface area contributed by atoms with Crippen LogP contribution in [0.2, 0.25) is 0 Å². The van der Waals surface area contributed by atoms with Gasteiger partial charge in [-0.3, -0.25) is 20.2 Å². The maximum Gasteiger partial charge on any atom is 0.343 e. The highest BCUT2D eigenvalue weighted by Gasteiger charge is 2.25. The molecule has 3 rings (SSSR count). The van der Waals surface area contributed by atoms with Gasteiger partial charge in [0.2, 0.25) is 0 Å². The van der Waals surface area contributed by atoms with Crippen LogP contribution in [-0.4, -0.2) is 22.9 Å². The zero-order chi connectivity index (χ0) is 17.8. The van der Waals surface area contributed by atoms with Crippen molar-refractivity contribution in [2.45, 2.75) is 0 Å². The Morgan fingerprint density at radius 3 is 2.12 bits per heavy atom. The molecule has 0 unspecified atom stereocenters. The number of rotatable bonds is 3. The summed E-state index contributed by atoms with van der Waals surface area (Å²) in [5.74, 6) is -1.23. The van der Waals surface area contributed by atoms with Crippen LogP contribution in [0.15, 0.2) is 60.2 Å². The van der Waals surface area contributed by atoms with E-state index in [9.17, 15) is 14.4 Å². The number of carbonyl (C=O) groups is 3. The smallest absolute Gasteiger partial charge is 0.343 e. The van der Waals surface area contributed by atoms with Crippen molar-refractivity contribution in [1.82, 2.24) is 10.6 Å². The van der Waals surface area contributed by atoms with E-state index < -0.39 is 17.8 Å². The van der Waals surface area contributed by atoms with Gasteiger partial charge in [-0.2, -0.15) is 0 Å². The van der Waals surface area contributed by atoms with Gasteiger partial charge in [-0.15, -0.1) is 0 Å². The number of hydrogen-bond acceptors (Lipinski definition) is 5. The number of esters is 1. The second-order valence-electron chi connectivity index (χ2n) is 5.12.